The molecule has 0 aliphatic heterocycles. The number of hydrogen-bond acceptors (Lipinski definition) is 3. The molecule has 1 aromatic heterocycles. The van der Waals surface area contributed by atoms with Gasteiger partial charge in [0.2, 0.25) is 0 Å². The number of amides is 1. The highest BCUT2D eigenvalue weighted by Gasteiger charge is 2.17. The Balaban J connectivity index is 2.23. The molecule has 0 saturated heterocycles. The Morgan fingerprint density at radius 2 is 2.26 bits per heavy atom. The molecule has 2 aromatic rings. The first-order valence-corrected chi connectivity index (χ1v) is 6.31. The summed E-state index contributed by atoms with van der Waals surface area (Å²) >= 11 is 5.87. The Morgan fingerprint density at radius 3 is 2.84 bits per heavy atom. The summed E-state index contributed by atoms with van der Waals surface area (Å²) in [5.41, 5.74) is 8.80. The molecule has 0 spiro atoms. The summed E-state index contributed by atoms with van der Waals surface area (Å²) in [5, 5.41) is 10.1. The third-order valence-electron chi connectivity index (χ3n) is 2.89. The largest absolute Gasteiger partial charge is 0.395 e. The first kappa shape index (κ1) is 13.4. The summed E-state index contributed by atoms with van der Waals surface area (Å²) in [6, 6.07) is 5.25. The fraction of sp³-hybridized carbons (Fsp3) is 0.231. The quantitative estimate of drug-likeness (QED) is 0.807. The predicted octanol–water partition coefficient (Wildman–Crippen LogP) is 2.77. The van der Waals surface area contributed by atoms with E-state index in [-0.39, 0.29) is 11.6 Å². The maximum absolute atomic E-state index is 12.1. The molecule has 0 unspecified atom stereocenters. The fourth-order valence-electron chi connectivity index (χ4n) is 1.78. The van der Waals surface area contributed by atoms with Crippen molar-refractivity contribution in [2.75, 3.05) is 11.1 Å². The monoisotopic (exact) mass is 278 g/mol. The molecule has 0 aliphatic rings. The van der Waals surface area contributed by atoms with Gasteiger partial charge < -0.3 is 11.1 Å². The van der Waals surface area contributed by atoms with Gasteiger partial charge in [-0.2, -0.15) is 5.10 Å². The Bertz CT molecular complexity index is 621. The number of halogens is 1. The van der Waals surface area contributed by atoms with Gasteiger partial charge in [0.25, 0.3) is 5.91 Å². The number of nitrogen functional groups attached to an aromatic ring is 1. The van der Waals surface area contributed by atoms with E-state index in [0.29, 0.717) is 22.8 Å². The smallest absolute Gasteiger partial charge is 0.278 e. The fourth-order valence-corrected chi connectivity index (χ4v) is 2.00. The van der Waals surface area contributed by atoms with Crippen LogP contribution in [0, 0.1) is 6.92 Å². The van der Waals surface area contributed by atoms with Crippen LogP contribution in [0.5, 0.6) is 0 Å². The van der Waals surface area contributed by atoms with Crippen molar-refractivity contribution in [3.8, 4) is 0 Å². The summed E-state index contributed by atoms with van der Waals surface area (Å²) in [7, 11) is 0. The summed E-state index contributed by atoms with van der Waals surface area (Å²) < 4.78 is 0. The molecule has 1 heterocycles. The van der Waals surface area contributed by atoms with Crippen molar-refractivity contribution >= 4 is 28.9 Å². The molecule has 4 N–H and O–H groups in total. The Hall–Kier alpha value is -2.01. The maximum Gasteiger partial charge on any atom is 0.278 e. The number of aromatic nitrogens is 2. The van der Waals surface area contributed by atoms with Crippen LogP contribution in [0.3, 0.4) is 0 Å². The van der Waals surface area contributed by atoms with E-state index < -0.39 is 0 Å². The number of anilines is 2. The van der Waals surface area contributed by atoms with Crippen molar-refractivity contribution in [2.24, 2.45) is 0 Å². The molecule has 100 valence electrons. The SMILES string of the molecule is CCc1[nH]nc(C(=O)Nc2ccc(Cl)cc2C)c1N. The second-order valence-corrected chi connectivity index (χ2v) is 4.67. The van der Waals surface area contributed by atoms with Crippen molar-refractivity contribution in [3.63, 3.8) is 0 Å². The lowest BCUT2D eigenvalue weighted by molar-refractivity contribution is 0.102. The second-order valence-electron chi connectivity index (χ2n) is 4.23. The molecule has 6 heteroatoms. The number of carbonyl (C=O) groups is 1. The molecule has 0 radical (unpaired) electrons. The van der Waals surface area contributed by atoms with Crippen molar-refractivity contribution in [3.05, 3.63) is 40.2 Å². The molecular weight excluding hydrogens is 264 g/mol. The minimum atomic E-state index is -0.334. The van der Waals surface area contributed by atoms with Crippen LogP contribution < -0.4 is 11.1 Å². The van der Waals surface area contributed by atoms with E-state index in [2.05, 4.69) is 15.5 Å². The number of aromatic amines is 1. The van der Waals surface area contributed by atoms with Crippen LogP contribution in [0.4, 0.5) is 11.4 Å². The van der Waals surface area contributed by atoms with Gasteiger partial charge in [0.05, 0.1) is 11.4 Å². The molecule has 0 bridgehead atoms. The zero-order chi connectivity index (χ0) is 14.0. The molecule has 0 aliphatic carbocycles. The average molecular weight is 279 g/mol. The Kier molecular flexibility index (Phi) is 3.76. The third-order valence-corrected chi connectivity index (χ3v) is 3.12. The third kappa shape index (κ3) is 2.71. The average Bonchev–Trinajstić information content (AvgIpc) is 2.74. The van der Waals surface area contributed by atoms with E-state index in [1.807, 2.05) is 13.8 Å². The van der Waals surface area contributed by atoms with Crippen molar-refractivity contribution in [2.45, 2.75) is 20.3 Å². The summed E-state index contributed by atoms with van der Waals surface area (Å²) in [5.74, 6) is -0.334. The molecule has 1 aromatic carbocycles. The van der Waals surface area contributed by atoms with Crippen LogP contribution in [-0.4, -0.2) is 16.1 Å². The van der Waals surface area contributed by atoms with Crippen LogP contribution in [0.2, 0.25) is 5.02 Å². The molecule has 1 amide bonds. The van der Waals surface area contributed by atoms with E-state index in [9.17, 15) is 4.79 Å². The second kappa shape index (κ2) is 5.32. The minimum Gasteiger partial charge on any atom is -0.395 e. The number of benzene rings is 1. The van der Waals surface area contributed by atoms with Gasteiger partial charge in [0, 0.05) is 10.7 Å². The van der Waals surface area contributed by atoms with Gasteiger partial charge in [-0.1, -0.05) is 18.5 Å². The van der Waals surface area contributed by atoms with E-state index in [1.165, 1.54) is 0 Å². The van der Waals surface area contributed by atoms with E-state index in [4.69, 9.17) is 17.3 Å². The van der Waals surface area contributed by atoms with E-state index >= 15 is 0 Å². The predicted molar refractivity (Wildman–Crippen MR) is 76.5 cm³/mol. The zero-order valence-electron chi connectivity index (χ0n) is 10.7. The number of hydrogen-bond donors (Lipinski definition) is 3. The van der Waals surface area contributed by atoms with Gasteiger partial charge in [-0.25, -0.2) is 0 Å². The highest BCUT2D eigenvalue weighted by molar-refractivity contribution is 6.30. The standard InChI is InChI=1S/C13H15ClN4O/c1-3-9-11(15)12(18-17-9)13(19)16-10-5-4-8(14)6-7(10)2/h4-6H,3,15H2,1-2H3,(H,16,19)(H,17,18). The number of nitrogens with two attached hydrogens (primary N) is 1. The summed E-state index contributed by atoms with van der Waals surface area (Å²) in [6.45, 7) is 3.81. The number of nitrogens with one attached hydrogen (secondary N) is 2. The summed E-state index contributed by atoms with van der Waals surface area (Å²) in [4.78, 5) is 12.1. The molecule has 19 heavy (non-hydrogen) atoms. The Morgan fingerprint density at radius 1 is 1.53 bits per heavy atom. The maximum atomic E-state index is 12.1. The highest BCUT2D eigenvalue weighted by Crippen LogP contribution is 2.21. The number of nitrogens with zero attached hydrogens (tertiary/aromatic N) is 1. The van der Waals surface area contributed by atoms with E-state index in [1.54, 1.807) is 18.2 Å². The van der Waals surface area contributed by atoms with Crippen molar-refractivity contribution in [1.82, 2.24) is 10.2 Å². The first-order chi connectivity index (χ1) is 9.02. The lowest BCUT2D eigenvalue weighted by atomic mass is 10.2. The van der Waals surface area contributed by atoms with E-state index in [0.717, 1.165) is 11.3 Å². The van der Waals surface area contributed by atoms with Crippen molar-refractivity contribution < 1.29 is 4.79 Å². The normalized spacial score (nSPS) is 10.5. The molecular formula is C13H15ClN4O. The molecule has 0 fully saturated rings. The molecule has 0 atom stereocenters. The number of H-pyrrole nitrogens is 1. The van der Waals surface area contributed by atoms with Gasteiger partial charge in [-0.15, -0.1) is 0 Å². The van der Waals surface area contributed by atoms with Crippen LogP contribution in [0.15, 0.2) is 18.2 Å². The van der Waals surface area contributed by atoms with Crippen LogP contribution >= 0.6 is 11.6 Å². The molecule has 5 nitrogen and oxygen atoms in total. The lowest BCUT2D eigenvalue weighted by Crippen LogP contribution is -2.15. The number of aryl methyl sites for hydroxylation is 2. The van der Waals surface area contributed by atoms with Gasteiger partial charge in [0.1, 0.15) is 0 Å². The van der Waals surface area contributed by atoms with Crippen LogP contribution in [-0.2, 0) is 6.42 Å². The molecule has 0 saturated carbocycles. The number of rotatable bonds is 3. The lowest BCUT2D eigenvalue weighted by Gasteiger charge is -2.07. The minimum absolute atomic E-state index is 0.214. The van der Waals surface area contributed by atoms with Gasteiger partial charge in [-0.3, -0.25) is 9.89 Å². The van der Waals surface area contributed by atoms with Crippen LogP contribution in [0.1, 0.15) is 28.7 Å². The highest BCUT2D eigenvalue weighted by atomic mass is 35.5. The number of carbonyl (C=O) groups excluding carboxylic acids is 1. The topological polar surface area (TPSA) is 83.8 Å². The van der Waals surface area contributed by atoms with Gasteiger partial charge >= 0.3 is 0 Å². The first-order valence-electron chi connectivity index (χ1n) is 5.93. The Labute approximate surface area is 116 Å². The van der Waals surface area contributed by atoms with Crippen molar-refractivity contribution in [1.29, 1.82) is 0 Å². The van der Waals surface area contributed by atoms with Crippen LogP contribution in [0.25, 0.3) is 0 Å². The molecule has 2 rings (SSSR count). The zero-order valence-corrected chi connectivity index (χ0v) is 11.5. The van der Waals surface area contributed by atoms with Gasteiger partial charge in [-0.05, 0) is 37.1 Å². The summed E-state index contributed by atoms with van der Waals surface area (Å²) in [6.07, 6.45) is 0.700. The van der Waals surface area contributed by atoms with Gasteiger partial charge in [0.15, 0.2) is 5.69 Å².